The van der Waals surface area contributed by atoms with Gasteiger partial charge >= 0.3 is 12.0 Å². The Labute approximate surface area is 172 Å². The van der Waals surface area contributed by atoms with Gasteiger partial charge < -0.3 is 10.1 Å². The molecule has 3 amide bonds. The topological polar surface area (TPSA) is 131 Å². The number of esters is 1. The molecular weight excluding hydrogens is 422 g/mol. The number of amides is 3. The number of hydrogen-bond donors (Lipinski definition) is 3. The maximum absolute atomic E-state index is 12.3. The minimum absolute atomic E-state index is 0.0560. The van der Waals surface area contributed by atoms with Crippen LogP contribution in [0.3, 0.4) is 0 Å². The molecule has 1 unspecified atom stereocenters. The van der Waals surface area contributed by atoms with Crippen LogP contribution in [-0.4, -0.2) is 39.5 Å². The van der Waals surface area contributed by atoms with Crippen LogP contribution in [0.5, 0.6) is 0 Å². The summed E-state index contributed by atoms with van der Waals surface area (Å²) in [4.78, 5) is 36.1. The molecule has 154 valence electrons. The van der Waals surface area contributed by atoms with Gasteiger partial charge in [-0.2, -0.15) is 0 Å². The molecular formula is C18H18ClN3O6S. The van der Waals surface area contributed by atoms with Gasteiger partial charge in [0.1, 0.15) is 0 Å². The Kier molecular flexibility index (Phi) is 7.32. The summed E-state index contributed by atoms with van der Waals surface area (Å²) in [5.74, 6) is -1.89. The van der Waals surface area contributed by atoms with Crippen LogP contribution >= 0.6 is 11.6 Å². The molecule has 0 heterocycles. The van der Waals surface area contributed by atoms with Gasteiger partial charge in [0.05, 0.1) is 15.5 Å². The normalized spacial score (nSPS) is 12.0. The minimum Gasteiger partial charge on any atom is -0.449 e. The smallest absolute Gasteiger partial charge is 0.340 e. The third-order valence-electron chi connectivity index (χ3n) is 3.66. The fraction of sp³-hybridized carbons (Fsp3) is 0.167. The van der Waals surface area contributed by atoms with Crippen LogP contribution in [0.4, 0.5) is 10.5 Å². The number of carbonyl (C=O) groups excluding carboxylic acids is 3. The second-order valence-electron chi connectivity index (χ2n) is 5.71. The summed E-state index contributed by atoms with van der Waals surface area (Å²) in [5.41, 5.74) is 0.230. The molecule has 0 aliphatic carbocycles. The highest BCUT2D eigenvalue weighted by Gasteiger charge is 2.24. The van der Waals surface area contributed by atoms with Crippen molar-refractivity contribution < 1.29 is 27.5 Å². The van der Waals surface area contributed by atoms with Crippen LogP contribution in [0.2, 0.25) is 5.02 Å². The number of halogens is 1. The Morgan fingerprint density at radius 2 is 1.72 bits per heavy atom. The first-order valence-corrected chi connectivity index (χ1v) is 10.1. The van der Waals surface area contributed by atoms with Crippen LogP contribution in [0.25, 0.3) is 0 Å². The van der Waals surface area contributed by atoms with Gasteiger partial charge in [0.25, 0.3) is 5.91 Å². The van der Waals surface area contributed by atoms with E-state index in [0.717, 1.165) is 6.07 Å². The van der Waals surface area contributed by atoms with Crippen LogP contribution in [0.15, 0.2) is 53.4 Å². The zero-order valence-electron chi connectivity index (χ0n) is 15.4. The van der Waals surface area contributed by atoms with Crippen molar-refractivity contribution in [3.05, 3.63) is 59.1 Å². The lowest BCUT2D eigenvalue weighted by Gasteiger charge is -2.14. The first-order valence-electron chi connectivity index (χ1n) is 8.25. The molecule has 2 rings (SSSR count). The fourth-order valence-electron chi connectivity index (χ4n) is 2.12. The van der Waals surface area contributed by atoms with Crippen molar-refractivity contribution in [2.24, 2.45) is 0 Å². The first kappa shape index (κ1) is 22.3. The van der Waals surface area contributed by atoms with E-state index in [1.54, 1.807) is 30.3 Å². The van der Waals surface area contributed by atoms with E-state index in [1.807, 2.05) is 5.32 Å². The highest BCUT2D eigenvalue weighted by atomic mass is 35.5. The summed E-state index contributed by atoms with van der Waals surface area (Å²) >= 11 is 5.94. The average Bonchev–Trinajstić information content (AvgIpc) is 2.68. The van der Waals surface area contributed by atoms with E-state index in [4.69, 9.17) is 16.3 Å². The molecule has 1 atom stereocenters. The molecule has 29 heavy (non-hydrogen) atoms. The molecule has 9 nitrogen and oxygen atoms in total. The lowest BCUT2D eigenvalue weighted by molar-refractivity contribution is -0.127. The van der Waals surface area contributed by atoms with E-state index in [1.165, 1.54) is 26.1 Å². The third-order valence-corrected chi connectivity index (χ3v) is 5.40. The molecule has 2 aromatic carbocycles. The Bertz CT molecular complexity index is 1030. The van der Waals surface area contributed by atoms with Gasteiger partial charge in [-0.15, -0.1) is 0 Å². The number of benzene rings is 2. The maximum Gasteiger partial charge on any atom is 0.340 e. The number of hydrogen-bond acceptors (Lipinski definition) is 6. The summed E-state index contributed by atoms with van der Waals surface area (Å²) in [7, 11) is -2.59. The van der Waals surface area contributed by atoms with Crippen molar-refractivity contribution in [1.82, 2.24) is 10.0 Å². The molecule has 11 heteroatoms. The van der Waals surface area contributed by atoms with Gasteiger partial charge in [0.15, 0.2) is 6.10 Å². The second kappa shape index (κ2) is 9.50. The van der Waals surface area contributed by atoms with Crippen molar-refractivity contribution in [2.45, 2.75) is 17.9 Å². The molecule has 0 saturated carbocycles. The van der Waals surface area contributed by atoms with Crippen molar-refractivity contribution in [3.8, 4) is 0 Å². The molecule has 0 saturated heterocycles. The molecule has 0 bridgehead atoms. The Hall–Kier alpha value is -2.95. The number of nitrogens with one attached hydrogen (secondary N) is 3. The molecule has 0 radical (unpaired) electrons. The molecule has 2 aromatic rings. The predicted molar refractivity (Wildman–Crippen MR) is 106 cm³/mol. The van der Waals surface area contributed by atoms with Crippen molar-refractivity contribution >= 4 is 45.2 Å². The summed E-state index contributed by atoms with van der Waals surface area (Å²) in [6, 6.07) is 11.1. The average molecular weight is 440 g/mol. The molecule has 0 aliphatic heterocycles. The van der Waals surface area contributed by atoms with E-state index < -0.39 is 34.0 Å². The standard InChI is InChI=1S/C18H18ClN3O6S/c1-11(16(23)22-18(25)21-12-6-4-3-5-7-12)28-17(24)14-10-13(8-9-15(14)19)29(26,27)20-2/h3-11,20H,1-2H3,(H2,21,22,23,25). The van der Waals surface area contributed by atoms with Crippen LogP contribution in [0, 0.1) is 0 Å². The van der Waals surface area contributed by atoms with Gasteiger partial charge in [0.2, 0.25) is 10.0 Å². The van der Waals surface area contributed by atoms with Crippen molar-refractivity contribution in [3.63, 3.8) is 0 Å². The number of anilines is 1. The zero-order chi connectivity index (χ0) is 21.6. The van der Waals surface area contributed by atoms with E-state index in [0.29, 0.717) is 5.69 Å². The first-order chi connectivity index (χ1) is 13.6. The van der Waals surface area contributed by atoms with Gasteiger partial charge in [-0.05, 0) is 44.3 Å². The monoisotopic (exact) mass is 439 g/mol. The third kappa shape index (κ3) is 6.01. The zero-order valence-corrected chi connectivity index (χ0v) is 17.0. The summed E-state index contributed by atoms with van der Waals surface area (Å²) < 4.78 is 30.9. The number of ether oxygens (including phenoxy) is 1. The number of rotatable bonds is 6. The number of imide groups is 1. The van der Waals surface area contributed by atoms with Gasteiger partial charge in [-0.25, -0.2) is 22.7 Å². The van der Waals surface area contributed by atoms with Gasteiger partial charge in [0, 0.05) is 5.69 Å². The lowest BCUT2D eigenvalue weighted by Crippen LogP contribution is -2.41. The van der Waals surface area contributed by atoms with Gasteiger partial charge in [-0.3, -0.25) is 10.1 Å². The molecule has 0 spiro atoms. The molecule has 3 N–H and O–H groups in total. The Morgan fingerprint density at radius 1 is 1.07 bits per heavy atom. The maximum atomic E-state index is 12.3. The quantitative estimate of drug-likeness (QED) is 0.591. The predicted octanol–water partition coefficient (Wildman–Crippen LogP) is 2.14. The van der Waals surface area contributed by atoms with Gasteiger partial charge in [-0.1, -0.05) is 29.8 Å². The molecule has 0 aliphatic rings. The largest absolute Gasteiger partial charge is 0.449 e. The van der Waals surface area contributed by atoms with Crippen molar-refractivity contribution in [1.29, 1.82) is 0 Å². The summed E-state index contributed by atoms with van der Waals surface area (Å²) in [5, 5.41) is 4.43. The Balaban J connectivity index is 2.03. The van der Waals surface area contributed by atoms with Crippen LogP contribution in [-0.2, 0) is 19.6 Å². The SMILES string of the molecule is CNS(=O)(=O)c1ccc(Cl)c(C(=O)OC(C)C(=O)NC(=O)Nc2ccccc2)c1. The van der Waals surface area contributed by atoms with E-state index >= 15 is 0 Å². The number of carbonyl (C=O) groups is 3. The molecule has 0 aromatic heterocycles. The Morgan fingerprint density at radius 3 is 2.34 bits per heavy atom. The van der Waals surface area contributed by atoms with E-state index in [-0.39, 0.29) is 15.5 Å². The number of sulfonamides is 1. The van der Waals surface area contributed by atoms with E-state index in [9.17, 15) is 22.8 Å². The minimum atomic E-state index is -3.81. The lowest BCUT2D eigenvalue weighted by atomic mass is 10.2. The fourth-order valence-corrected chi connectivity index (χ4v) is 3.07. The van der Waals surface area contributed by atoms with Crippen LogP contribution in [0.1, 0.15) is 17.3 Å². The van der Waals surface area contributed by atoms with Crippen molar-refractivity contribution in [2.75, 3.05) is 12.4 Å². The summed E-state index contributed by atoms with van der Waals surface area (Å²) in [6.45, 7) is 1.26. The van der Waals surface area contributed by atoms with E-state index in [2.05, 4.69) is 10.0 Å². The highest BCUT2D eigenvalue weighted by molar-refractivity contribution is 7.89. The second-order valence-corrected chi connectivity index (χ2v) is 8.00. The molecule has 0 fully saturated rings. The number of urea groups is 1. The van der Waals surface area contributed by atoms with Crippen LogP contribution < -0.4 is 15.4 Å². The highest BCUT2D eigenvalue weighted by Crippen LogP contribution is 2.21. The number of para-hydroxylation sites is 1. The summed E-state index contributed by atoms with van der Waals surface area (Å²) in [6.07, 6.45) is -1.34.